The number of anilines is 2. The molecular formula is C19H20N4S. The van der Waals surface area contributed by atoms with Crippen LogP contribution in [0.25, 0.3) is 0 Å². The van der Waals surface area contributed by atoms with E-state index in [9.17, 15) is 0 Å². The Morgan fingerprint density at radius 3 is 2.67 bits per heavy atom. The zero-order valence-corrected chi connectivity index (χ0v) is 14.6. The molecule has 0 spiro atoms. The second kappa shape index (κ2) is 7.27. The summed E-state index contributed by atoms with van der Waals surface area (Å²) in [7, 11) is 0. The van der Waals surface area contributed by atoms with Gasteiger partial charge in [0.05, 0.1) is 6.54 Å². The Morgan fingerprint density at radius 2 is 1.88 bits per heavy atom. The third-order valence-corrected chi connectivity index (χ3v) is 3.96. The molecule has 0 aliphatic heterocycles. The van der Waals surface area contributed by atoms with Crippen LogP contribution in [0.3, 0.4) is 0 Å². The fourth-order valence-electron chi connectivity index (χ4n) is 2.48. The first-order valence-electron chi connectivity index (χ1n) is 7.83. The van der Waals surface area contributed by atoms with Gasteiger partial charge in [-0.05, 0) is 54.9 Å². The van der Waals surface area contributed by atoms with Crippen LogP contribution in [-0.2, 0) is 6.54 Å². The van der Waals surface area contributed by atoms with E-state index >= 15 is 0 Å². The summed E-state index contributed by atoms with van der Waals surface area (Å²) >= 11 is 5.35. The highest BCUT2D eigenvalue weighted by Gasteiger charge is 2.04. The van der Waals surface area contributed by atoms with Gasteiger partial charge in [0.1, 0.15) is 0 Å². The van der Waals surface area contributed by atoms with Gasteiger partial charge in [0.15, 0.2) is 10.9 Å². The summed E-state index contributed by atoms with van der Waals surface area (Å²) in [5.74, 6) is 0.730. The molecule has 0 fully saturated rings. The van der Waals surface area contributed by atoms with Gasteiger partial charge >= 0.3 is 0 Å². The predicted octanol–water partition coefficient (Wildman–Crippen LogP) is 4.36. The highest BCUT2D eigenvalue weighted by atomic mass is 32.1. The molecule has 2 N–H and O–H groups in total. The lowest BCUT2D eigenvalue weighted by molar-refractivity contribution is 0.687. The lowest BCUT2D eigenvalue weighted by Crippen LogP contribution is -2.19. The van der Waals surface area contributed by atoms with Gasteiger partial charge in [0.2, 0.25) is 0 Å². The van der Waals surface area contributed by atoms with Crippen molar-refractivity contribution < 1.29 is 0 Å². The normalized spacial score (nSPS) is 10.4. The number of rotatable bonds is 4. The Labute approximate surface area is 147 Å². The molecule has 0 radical (unpaired) electrons. The van der Waals surface area contributed by atoms with Crippen molar-refractivity contribution in [2.24, 2.45) is 0 Å². The molecule has 1 aromatic heterocycles. The highest BCUT2D eigenvalue weighted by Crippen LogP contribution is 2.12. The van der Waals surface area contributed by atoms with Gasteiger partial charge in [-0.3, -0.25) is 4.68 Å². The molecule has 5 heteroatoms. The number of aromatic nitrogens is 2. The monoisotopic (exact) mass is 336 g/mol. The molecule has 0 aliphatic rings. The summed E-state index contributed by atoms with van der Waals surface area (Å²) in [5.41, 5.74) is 4.67. The molecule has 0 bridgehead atoms. The van der Waals surface area contributed by atoms with Crippen molar-refractivity contribution in [2.45, 2.75) is 20.4 Å². The maximum atomic E-state index is 5.35. The molecule has 3 rings (SSSR count). The van der Waals surface area contributed by atoms with E-state index < -0.39 is 0 Å². The van der Waals surface area contributed by atoms with E-state index in [-0.39, 0.29) is 0 Å². The van der Waals surface area contributed by atoms with Crippen molar-refractivity contribution in [3.8, 4) is 0 Å². The van der Waals surface area contributed by atoms with Crippen LogP contribution < -0.4 is 10.6 Å². The van der Waals surface area contributed by atoms with Crippen molar-refractivity contribution in [3.63, 3.8) is 0 Å². The molecule has 4 nitrogen and oxygen atoms in total. The zero-order valence-electron chi connectivity index (χ0n) is 13.8. The Kier molecular flexibility index (Phi) is 4.91. The molecule has 3 aromatic rings. The standard InChI is InChI=1S/C19H20N4S/c1-14-6-5-9-17(12-14)20-19(24)21-18-10-11-23(22-18)13-16-8-4-3-7-15(16)2/h3-12H,13H2,1-2H3,(H2,20,21,22,24). The molecule has 0 atom stereocenters. The smallest absolute Gasteiger partial charge is 0.176 e. The van der Waals surface area contributed by atoms with E-state index in [1.807, 2.05) is 47.3 Å². The summed E-state index contributed by atoms with van der Waals surface area (Å²) in [6.07, 6.45) is 1.95. The fourth-order valence-corrected chi connectivity index (χ4v) is 2.70. The fraction of sp³-hybridized carbons (Fsp3) is 0.158. The molecule has 24 heavy (non-hydrogen) atoms. The Hall–Kier alpha value is -2.66. The summed E-state index contributed by atoms with van der Waals surface area (Å²) in [6.45, 7) is 4.90. The maximum Gasteiger partial charge on any atom is 0.176 e. The number of nitrogens with zero attached hydrogens (tertiary/aromatic N) is 2. The van der Waals surface area contributed by atoms with Crippen molar-refractivity contribution in [1.29, 1.82) is 0 Å². The van der Waals surface area contributed by atoms with Crippen molar-refractivity contribution in [2.75, 3.05) is 10.6 Å². The van der Waals surface area contributed by atoms with Gasteiger partial charge in [-0.2, -0.15) is 5.10 Å². The van der Waals surface area contributed by atoms with Gasteiger partial charge < -0.3 is 10.6 Å². The lowest BCUT2D eigenvalue weighted by Gasteiger charge is -2.09. The maximum absolute atomic E-state index is 5.35. The molecule has 0 amide bonds. The van der Waals surface area contributed by atoms with Gasteiger partial charge in [-0.25, -0.2) is 0 Å². The SMILES string of the molecule is Cc1cccc(NC(=S)Nc2ccn(Cc3ccccc3C)n2)c1. The van der Waals surface area contributed by atoms with Gasteiger partial charge in [0.25, 0.3) is 0 Å². The molecule has 0 saturated heterocycles. The van der Waals surface area contributed by atoms with Gasteiger partial charge in [-0.15, -0.1) is 0 Å². The van der Waals surface area contributed by atoms with Gasteiger partial charge in [0, 0.05) is 18.0 Å². The number of hydrogen-bond acceptors (Lipinski definition) is 2. The summed E-state index contributed by atoms with van der Waals surface area (Å²) < 4.78 is 1.90. The zero-order chi connectivity index (χ0) is 16.9. The molecule has 2 aromatic carbocycles. The molecule has 122 valence electrons. The van der Waals surface area contributed by atoms with E-state index in [2.05, 4.69) is 47.8 Å². The Balaban J connectivity index is 1.61. The van der Waals surface area contributed by atoms with Crippen molar-refractivity contribution >= 4 is 28.8 Å². The van der Waals surface area contributed by atoms with Crippen LogP contribution in [0.4, 0.5) is 11.5 Å². The molecule has 0 aliphatic carbocycles. The Bertz CT molecular complexity index is 854. The first kappa shape index (κ1) is 16.2. The first-order chi connectivity index (χ1) is 11.6. The van der Waals surface area contributed by atoms with Crippen molar-refractivity contribution in [1.82, 2.24) is 9.78 Å². The second-order valence-corrected chi connectivity index (χ2v) is 6.18. The number of hydrogen-bond donors (Lipinski definition) is 2. The number of thiocarbonyl (C=S) groups is 1. The minimum Gasteiger partial charge on any atom is -0.332 e. The van der Waals surface area contributed by atoms with Gasteiger partial charge in [-0.1, -0.05) is 36.4 Å². The van der Waals surface area contributed by atoms with Crippen LogP contribution in [-0.4, -0.2) is 14.9 Å². The lowest BCUT2D eigenvalue weighted by atomic mass is 10.1. The number of nitrogens with one attached hydrogen (secondary N) is 2. The van der Waals surface area contributed by atoms with E-state index in [0.29, 0.717) is 5.11 Å². The van der Waals surface area contributed by atoms with E-state index in [1.165, 1.54) is 16.7 Å². The van der Waals surface area contributed by atoms with Crippen LogP contribution in [0.1, 0.15) is 16.7 Å². The van der Waals surface area contributed by atoms with Crippen molar-refractivity contribution in [3.05, 3.63) is 77.5 Å². The number of benzene rings is 2. The van der Waals surface area contributed by atoms with Crippen LogP contribution in [0.15, 0.2) is 60.8 Å². The van der Waals surface area contributed by atoms with Crippen LogP contribution in [0.2, 0.25) is 0 Å². The van der Waals surface area contributed by atoms with Crippen LogP contribution in [0, 0.1) is 13.8 Å². The topological polar surface area (TPSA) is 41.9 Å². The summed E-state index contributed by atoms with van der Waals surface area (Å²) in [6, 6.07) is 18.3. The first-order valence-corrected chi connectivity index (χ1v) is 8.23. The molecular weight excluding hydrogens is 316 g/mol. The third kappa shape index (κ3) is 4.20. The minimum absolute atomic E-state index is 0.529. The number of aryl methyl sites for hydroxylation is 2. The summed E-state index contributed by atoms with van der Waals surface area (Å²) in [4.78, 5) is 0. The summed E-state index contributed by atoms with van der Waals surface area (Å²) in [5, 5.41) is 11.3. The largest absolute Gasteiger partial charge is 0.332 e. The third-order valence-electron chi connectivity index (χ3n) is 3.75. The Morgan fingerprint density at radius 1 is 1.04 bits per heavy atom. The molecule has 0 unspecified atom stereocenters. The van der Waals surface area contributed by atoms with Crippen LogP contribution >= 0.6 is 12.2 Å². The quantitative estimate of drug-likeness (QED) is 0.695. The van der Waals surface area contributed by atoms with Crippen LogP contribution in [0.5, 0.6) is 0 Å². The molecule has 0 saturated carbocycles. The minimum atomic E-state index is 0.529. The predicted molar refractivity (Wildman–Crippen MR) is 104 cm³/mol. The second-order valence-electron chi connectivity index (χ2n) is 5.77. The van der Waals surface area contributed by atoms with E-state index in [0.717, 1.165) is 18.1 Å². The highest BCUT2D eigenvalue weighted by molar-refractivity contribution is 7.80. The average molecular weight is 336 g/mol. The van der Waals surface area contributed by atoms with E-state index in [1.54, 1.807) is 0 Å². The molecule has 1 heterocycles. The average Bonchev–Trinajstić information content (AvgIpc) is 2.96. The van der Waals surface area contributed by atoms with E-state index in [4.69, 9.17) is 12.2 Å².